The molecule has 0 heterocycles. The second-order valence-electron chi connectivity index (χ2n) is 5.63. The van der Waals surface area contributed by atoms with Crippen LogP contribution in [0.5, 0.6) is 5.75 Å². The molecule has 18 heavy (non-hydrogen) atoms. The van der Waals surface area contributed by atoms with Gasteiger partial charge in [-0.05, 0) is 36.7 Å². The summed E-state index contributed by atoms with van der Waals surface area (Å²) in [5.41, 5.74) is 1.64. The van der Waals surface area contributed by atoms with E-state index in [1.54, 1.807) is 6.07 Å². The monoisotopic (exact) mass is 263 g/mol. The van der Waals surface area contributed by atoms with Gasteiger partial charge in [0.15, 0.2) is 6.79 Å². The molecule has 0 spiro atoms. The van der Waals surface area contributed by atoms with Crippen molar-refractivity contribution >= 4 is 8.07 Å². The zero-order valence-electron chi connectivity index (χ0n) is 11.6. The lowest BCUT2D eigenvalue weighted by atomic mass is 10.1. The Kier molecular flexibility index (Phi) is 5.39. The van der Waals surface area contributed by atoms with Gasteiger partial charge in [0.25, 0.3) is 0 Å². The third-order valence-corrected chi connectivity index (χ3v) is 4.19. The molecule has 0 radical (unpaired) electrons. The molecular formula is C14H21NO2Si. The number of nitrogens with zero attached hydrogens (tertiary/aromatic N) is 1. The van der Waals surface area contributed by atoms with Gasteiger partial charge in [0.05, 0.1) is 11.6 Å². The van der Waals surface area contributed by atoms with Crippen LogP contribution >= 0.6 is 0 Å². The third kappa shape index (κ3) is 5.85. The number of rotatable bonds is 6. The largest absolute Gasteiger partial charge is 0.468 e. The highest BCUT2D eigenvalue weighted by Gasteiger charge is 2.11. The van der Waals surface area contributed by atoms with Crippen molar-refractivity contribution in [3.05, 3.63) is 29.3 Å². The van der Waals surface area contributed by atoms with Crippen LogP contribution in [0.3, 0.4) is 0 Å². The van der Waals surface area contributed by atoms with Gasteiger partial charge >= 0.3 is 0 Å². The van der Waals surface area contributed by atoms with E-state index in [0.29, 0.717) is 11.3 Å². The van der Waals surface area contributed by atoms with Crippen LogP contribution in [0.1, 0.15) is 11.1 Å². The van der Waals surface area contributed by atoms with Crippen LogP contribution in [0.25, 0.3) is 0 Å². The first-order chi connectivity index (χ1) is 8.40. The highest BCUT2D eigenvalue weighted by atomic mass is 28.3. The fraction of sp³-hybridized carbons (Fsp3) is 0.500. The first-order valence-electron chi connectivity index (χ1n) is 6.13. The van der Waals surface area contributed by atoms with Gasteiger partial charge < -0.3 is 9.47 Å². The summed E-state index contributed by atoms with van der Waals surface area (Å²) in [6.07, 6.45) is 0. The average Bonchev–Trinajstić information content (AvgIpc) is 2.26. The smallest absolute Gasteiger partial charge is 0.189 e. The maximum Gasteiger partial charge on any atom is 0.189 e. The van der Waals surface area contributed by atoms with Crippen molar-refractivity contribution in [2.24, 2.45) is 0 Å². The highest BCUT2D eigenvalue weighted by molar-refractivity contribution is 6.76. The third-order valence-electron chi connectivity index (χ3n) is 2.49. The molecule has 0 saturated carbocycles. The van der Waals surface area contributed by atoms with Crippen LogP contribution in [0.15, 0.2) is 18.2 Å². The molecule has 0 aromatic heterocycles. The van der Waals surface area contributed by atoms with Crippen LogP contribution in [0.4, 0.5) is 0 Å². The van der Waals surface area contributed by atoms with Crippen LogP contribution in [0.2, 0.25) is 25.7 Å². The summed E-state index contributed by atoms with van der Waals surface area (Å²) >= 11 is 0. The Morgan fingerprint density at radius 2 is 1.94 bits per heavy atom. The van der Waals surface area contributed by atoms with E-state index >= 15 is 0 Å². The first-order valence-corrected chi connectivity index (χ1v) is 9.84. The molecule has 4 heteroatoms. The van der Waals surface area contributed by atoms with E-state index in [-0.39, 0.29) is 6.79 Å². The van der Waals surface area contributed by atoms with Gasteiger partial charge in [0.1, 0.15) is 5.75 Å². The maximum atomic E-state index is 8.85. The molecule has 0 fully saturated rings. The topological polar surface area (TPSA) is 42.2 Å². The van der Waals surface area contributed by atoms with Gasteiger partial charge in [0.2, 0.25) is 0 Å². The van der Waals surface area contributed by atoms with Crippen molar-refractivity contribution in [3.8, 4) is 11.8 Å². The SMILES string of the molecule is Cc1cc(C#N)cc(OCOCC[Si](C)(C)C)c1. The van der Waals surface area contributed by atoms with Crippen molar-refractivity contribution in [1.29, 1.82) is 5.26 Å². The summed E-state index contributed by atoms with van der Waals surface area (Å²) in [6.45, 7) is 9.89. The molecule has 1 rings (SSSR count). The fourth-order valence-corrected chi connectivity index (χ4v) is 2.20. The predicted molar refractivity (Wildman–Crippen MR) is 75.5 cm³/mol. The maximum absolute atomic E-state index is 8.85. The summed E-state index contributed by atoms with van der Waals surface area (Å²) in [5.74, 6) is 0.694. The average molecular weight is 263 g/mol. The molecule has 1 aromatic rings. The van der Waals surface area contributed by atoms with Gasteiger partial charge in [-0.1, -0.05) is 19.6 Å². The second-order valence-corrected chi connectivity index (χ2v) is 11.2. The Balaban J connectivity index is 2.36. The molecule has 0 bridgehead atoms. The van der Waals surface area contributed by atoms with Gasteiger partial charge in [-0.2, -0.15) is 5.26 Å². The summed E-state index contributed by atoms with van der Waals surface area (Å²) in [5, 5.41) is 8.85. The number of ether oxygens (including phenoxy) is 2. The lowest BCUT2D eigenvalue weighted by Crippen LogP contribution is -2.22. The standard InChI is InChI=1S/C14H21NO2Si/c1-12-7-13(10-15)9-14(8-12)17-11-16-5-6-18(2,3)4/h7-9H,5-6,11H2,1-4H3. The van der Waals surface area contributed by atoms with E-state index in [1.165, 1.54) is 0 Å². The molecule has 0 amide bonds. The Hall–Kier alpha value is -1.31. The van der Waals surface area contributed by atoms with Crippen molar-refractivity contribution in [3.63, 3.8) is 0 Å². The molecular weight excluding hydrogens is 242 g/mol. The van der Waals surface area contributed by atoms with Crippen molar-refractivity contribution in [2.75, 3.05) is 13.4 Å². The van der Waals surface area contributed by atoms with E-state index < -0.39 is 8.07 Å². The van der Waals surface area contributed by atoms with Crippen molar-refractivity contribution < 1.29 is 9.47 Å². The van der Waals surface area contributed by atoms with Gasteiger partial charge in [-0.3, -0.25) is 0 Å². The molecule has 0 saturated heterocycles. The van der Waals surface area contributed by atoms with E-state index in [2.05, 4.69) is 25.7 Å². The van der Waals surface area contributed by atoms with Crippen LogP contribution < -0.4 is 4.74 Å². The van der Waals surface area contributed by atoms with Crippen molar-refractivity contribution in [1.82, 2.24) is 0 Å². The van der Waals surface area contributed by atoms with E-state index in [1.807, 2.05) is 19.1 Å². The van der Waals surface area contributed by atoms with Gasteiger partial charge in [0, 0.05) is 14.7 Å². The molecule has 98 valence electrons. The molecule has 0 atom stereocenters. The molecule has 0 aliphatic heterocycles. The fourth-order valence-electron chi connectivity index (χ4n) is 1.44. The van der Waals surface area contributed by atoms with Crippen LogP contribution in [-0.4, -0.2) is 21.5 Å². The summed E-state index contributed by atoms with van der Waals surface area (Å²) in [7, 11) is -1.03. The Morgan fingerprint density at radius 3 is 2.56 bits per heavy atom. The molecule has 1 aromatic carbocycles. The normalized spacial score (nSPS) is 11.1. The highest BCUT2D eigenvalue weighted by Crippen LogP contribution is 2.16. The Bertz CT molecular complexity index is 432. The molecule has 3 nitrogen and oxygen atoms in total. The molecule has 0 N–H and O–H groups in total. The van der Waals surface area contributed by atoms with E-state index in [4.69, 9.17) is 14.7 Å². The van der Waals surface area contributed by atoms with Crippen molar-refractivity contribution in [2.45, 2.75) is 32.6 Å². The minimum Gasteiger partial charge on any atom is -0.468 e. The minimum atomic E-state index is -1.03. The summed E-state index contributed by atoms with van der Waals surface area (Å²) in [6, 6.07) is 8.72. The summed E-state index contributed by atoms with van der Waals surface area (Å²) < 4.78 is 10.9. The van der Waals surface area contributed by atoms with E-state index in [0.717, 1.165) is 18.2 Å². The number of hydrogen-bond acceptors (Lipinski definition) is 3. The van der Waals surface area contributed by atoms with Crippen LogP contribution in [0, 0.1) is 18.3 Å². The Labute approximate surface area is 110 Å². The van der Waals surface area contributed by atoms with Gasteiger partial charge in [-0.15, -0.1) is 0 Å². The van der Waals surface area contributed by atoms with Crippen LogP contribution in [-0.2, 0) is 4.74 Å². The van der Waals surface area contributed by atoms with Gasteiger partial charge in [-0.25, -0.2) is 0 Å². The number of benzene rings is 1. The Morgan fingerprint density at radius 1 is 1.22 bits per heavy atom. The number of nitriles is 1. The first kappa shape index (κ1) is 14.7. The van der Waals surface area contributed by atoms with E-state index in [9.17, 15) is 0 Å². The number of aryl methyl sites for hydroxylation is 1. The minimum absolute atomic E-state index is 0.249. The molecule has 0 unspecified atom stereocenters. The zero-order chi connectivity index (χ0) is 13.6. The quantitative estimate of drug-likeness (QED) is 0.448. The molecule has 0 aliphatic carbocycles. The number of hydrogen-bond donors (Lipinski definition) is 0. The lowest BCUT2D eigenvalue weighted by Gasteiger charge is -2.15. The lowest BCUT2D eigenvalue weighted by molar-refractivity contribution is 0.0220. The summed E-state index contributed by atoms with van der Waals surface area (Å²) in [4.78, 5) is 0. The zero-order valence-corrected chi connectivity index (χ0v) is 12.6. The second kappa shape index (κ2) is 6.57. The predicted octanol–water partition coefficient (Wildman–Crippen LogP) is 3.56. The molecule has 0 aliphatic rings.